The Kier molecular flexibility index (Phi) is 4.61. The van der Waals surface area contributed by atoms with Gasteiger partial charge in [-0.25, -0.2) is 0 Å². The van der Waals surface area contributed by atoms with Crippen molar-refractivity contribution in [3.05, 3.63) is 0 Å². The van der Waals surface area contributed by atoms with Crippen LogP contribution in [0.2, 0.25) is 0 Å². The Morgan fingerprint density at radius 3 is 2.52 bits per heavy atom. The number of ether oxygens (including phenoxy) is 2. The smallest absolute Gasteiger partial charge is 0.324 e. The van der Waals surface area contributed by atoms with Crippen molar-refractivity contribution in [3.8, 4) is 0 Å². The van der Waals surface area contributed by atoms with Crippen LogP contribution < -0.4 is 5.32 Å². The van der Waals surface area contributed by atoms with Crippen molar-refractivity contribution in [3.63, 3.8) is 0 Å². The molecule has 0 spiro atoms. The highest BCUT2D eigenvalue weighted by molar-refractivity contribution is 5.88. The fourth-order valence-electron chi connectivity index (χ4n) is 3.87. The lowest BCUT2D eigenvalue weighted by molar-refractivity contribution is -0.179. The molecule has 0 aromatic carbocycles. The maximum atomic E-state index is 12.6. The molecule has 0 bridgehead atoms. The average Bonchev–Trinajstić information content (AvgIpc) is 2.43. The number of carbonyl (C=O) groups is 2. The van der Waals surface area contributed by atoms with Crippen molar-refractivity contribution in [1.29, 1.82) is 0 Å². The lowest BCUT2D eigenvalue weighted by atomic mass is 9.59. The topological polar surface area (TPSA) is 64.6 Å². The lowest BCUT2D eigenvalue weighted by Crippen LogP contribution is -2.64. The van der Waals surface area contributed by atoms with Gasteiger partial charge in [-0.2, -0.15) is 0 Å². The third kappa shape index (κ3) is 3.07. The molecule has 0 amide bonds. The zero-order valence-corrected chi connectivity index (χ0v) is 13.5. The van der Waals surface area contributed by atoms with Crippen LogP contribution >= 0.6 is 0 Å². The molecule has 1 saturated heterocycles. The Labute approximate surface area is 126 Å². The molecule has 2 aliphatic rings. The lowest BCUT2D eigenvalue weighted by Gasteiger charge is -2.49. The number of esters is 2. The van der Waals surface area contributed by atoms with Crippen LogP contribution in [0.4, 0.5) is 0 Å². The second-order valence-electron chi connectivity index (χ2n) is 7.18. The van der Waals surface area contributed by atoms with Crippen LogP contribution in [0.3, 0.4) is 0 Å². The molecule has 1 saturated carbocycles. The van der Waals surface area contributed by atoms with Gasteiger partial charge in [-0.3, -0.25) is 9.59 Å². The fourth-order valence-corrected chi connectivity index (χ4v) is 3.87. The SMILES string of the molecule is COC(=O)C12CCCCC1CCNC2C(=O)OC(C)(C)C. The van der Waals surface area contributed by atoms with E-state index in [1.165, 1.54) is 7.11 Å². The minimum atomic E-state index is -0.756. The molecule has 3 atom stereocenters. The van der Waals surface area contributed by atoms with E-state index in [4.69, 9.17) is 9.47 Å². The number of rotatable bonds is 2. The molecule has 1 N–H and O–H groups in total. The molecule has 1 aliphatic heterocycles. The Balaban J connectivity index is 2.32. The van der Waals surface area contributed by atoms with Gasteiger partial charge in [0.25, 0.3) is 0 Å². The first-order chi connectivity index (χ1) is 9.81. The third-order valence-corrected chi connectivity index (χ3v) is 4.69. The summed E-state index contributed by atoms with van der Waals surface area (Å²) in [7, 11) is 1.41. The molecule has 0 aromatic rings. The van der Waals surface area contributed by atoms with Crippen LogP contribution in [0.25, 0.3) is 0 Å². The number of methoxy groups -OCH3 is 1. The van der Waals surface area contributed by atoms with Gasteiger partial charge in [0.2, 0.25) is 0 Å². The highest BCUT2D eigenvalue weighted by atomic mass is 16.6. The van der Waals surface area contributed by atoms with Crippen LogP contribution in [0.15, 0.2) is 0 Å². The zero-order valence-electron chi connectivity index (χ0n) is 13.5. The Hall–Kier alpha value is -1.10. The quantitative estimate of drug-likeness (QED) is 0.790. The Morgan fingerprint density at radius 1 is 1.19 bits per heavy atom. The van der Waals surface area contributed by atoms with Gasteiger partial charge < -0.3 is 14.8 Å². The zero-order chi connectivity index (χ0) is 15.7. The molecule has 5 nitrogen and oxygen atoms in total. The first-order valence-corrected chi connectivity index (χ1v) is 7.86. The monoisotopic (exact) mass is 297 g/mol. The summed E-state index contributed by atoms with van der Waals surface area (Å²) >= 11 is 0. The second-order valence-corrected chi connectivity index (χ2v) is 7.18. The van der Waals surface area contributed by atoms with E-state index in [2.05, 4.69) is 5.32 Å². The molecular weight excluding hydrogens is 270 g/mol. The molecule has 2 fully saturated rings. The van der Waals surface area contributed by atoms with Gasteiger partial charge in [-0.1, -0.05) is 12.8 Å². The number of nitrogens with one attached hydrogen (secondary N) is 1. The largest absolute Gasteiger partial charge is 0.469 e. The van der Waals surface area contributed by atoms with E-state index >= 15 is 0 Å². The van der Waals surface area contributed by atoms with Gasteiger partial charge in [-0.05, 0) is 52.5 Å². The van der Waals surface area contributed by atoms with Crippen molar-refractivity contribution in [2.75, 3.05) is 13.7 Å². The molecule has 120 valence electrons. The van der Waals surface area contributed by atoms with Crippen molar-refractivity contribution in [2.45, 2.75) is 64.5 Å². The van der Waals surface area contributed by atoms with Gasteiger partial charge in [0.05, 0.1) is 12.5 Å². The molecule has 0 aromatic heterocycles. The van der Waals surface area contributed by atoms with E-state index in [0.29, 0.717) is 6.42 Å². The summed E-state index contributed by atoms with van der Waals surface area (Å²) in [4.78, 5) is 25.1. The number of hydrogen-bond acceptors (Lipinski definition) is 5. The molecule has 1 aliphatic carbocycles. The van der Waals surface area contributed by atoms with Crippen molar-refractivity contribution in [1.82, 2.24) is 5.32 Å². The van der Waals surface area contributed by atoms with Gasteiger partial charge in [0.15, 0.2) is 0 Å². The van der Waals surface area contributed by atoms with Crippen LogP contribution in [0.5, 0.6) is 0 Å². The summed E-state index contributed by atoms with van der Waals surface area (Å²) in [6.45, 7) is 6.28. The molecule has 1 heterocycles. The Morgan fingerprint density at radius 2 is 1.90 bits per heavy atom. The predicted octanol–water partition coefficient (Wildman–Crippen LogP) is 2.04. The second kappa shape index (κ2) is 5.95. The summed E-state index contributed by atoms with van der Waals surface area (Å²) in [6.07, 6.45) is 4.66. The van der Waals surface area contributed by atoms with Crippen LogP contribution in [-0.2, 0) is 19.1 Å². The molecular formula is C16H27NO4. The minimum Gasteiger partial charge on any atom is -0.469 e. The van der Waals surface area contributed by atoms with E-state index in [0.717, 1.165) is 32.2 Å². The van der Waals surface area contributed by atoms with Crippen molar-refractivity contribution >= 4 is 11.9 Å². The summed E-state index contributed by atoms with van der Waals surface area (Å²) in [5, 5.41) is 3.22. The van der Waals surface area contributed by atoms with Crippen molar-refractivity contribution < 1.29 is 19.1 Å². The summed E-state index contributed by atoms with van der Waals surface area (Å²) in [5.74, 6) is -0.396. The highest BCUT2D eigenvalue weighted by Crippen LogP contribution is 2.48. The molecule has 3 unspecified atom stereocenters. The standard InChI is InChI=1S/C16H27NO4/c1-15(2,3)21-13(18)12-16(14(19)20-4)9-6-5-7-11(16)8-10-17-12/h11-12,17H,5-10H2,1-4H3. The van der Waals surface area contributed by atoms with E-state index in [1.54, 1.807) is 0 Å². The van der Waals surface area contributed by atoms with Gasteiger partial charge in [0.1, 0.15) is 11.6 Å². The van der Waals surface area contributed by atoms with Gasteiger partial charge in [0, 0.05) is 0 Å². The number of fused-ring (bicyclic) bond motifs is 1. The maximum Gasteiger partial charge on any atom is 0.324 e. The first kappa shape index (κ1) is 16.3. The van der Waals surface area contributed by atoms with E-state index < -0.39 is 17.1 Å². The molecule has 0 radical (unpaired) electrons. The number of piperidine rings is 1. The summed E-state index contributed by atoms with van der Waals surface area (Å²) in [5.41, 5.74) is -1.31. The number of hydrogen-bond donors (Lipinski definition) is 1. The molecule has 5 heteroatoms. The molecule has 2 rings (SSSR count). The normalized spacial score (nSPS) is 33.0. The van der Waals surface area contributed by atoms with Crippen LogP contribution in [0, 0.1) is 11.3 Å². The Bertz CT molecular complexity index is 413. The predicted molar refractivity (Wildman–Crippen MR) is 78.7 cm³/mol. The summed E-state index contributed by atoms with van der Waals surface area (Å²) < 4.78 is 10.6. The number of carbonyl (C=O) groups excluding carboxylic acids is 2. The van der Waals surface area contributed by atoms with Crippen LogP contribution in [-0.4, -0.2) is 37.2 Å². The fraction of sp³-hybridized carbons (Fsp3) is 0.875. The third-order valence-electron chi connectivity index (χ3n) is 4.69. The van der Waals surface area contributed by atoms with Gasteiger partial charge in [-0.15, -0.1) is 0 Å². The van der Waals surface area contributed by atoms with Gasteiger partial charge >= 0.3 is 11.9 Å². The van der Waals surface area contributed by atoms with Crippen LogP contribution in [0.1, 0.15) is 52.9 Å². The van der Waals surface area contributed by atoms with E-state index in [1.807, 2.05) is 20.8 Å². The van der Waals surface area contributed by atoms with Crippen molar-refractivity contribution in [2.24, 2.45) is 11.3 Å². The minimum absolute atomic E-state index is 0.206. The maximum absolute atomic E-state index is 12.6. The van der Waals surface area contributed by atoms with E-state index in [9.17, 15) is 9.59 Å². The summed E-state index contributed by atoms with van der Waals surface area (Å²) in [6, 6.07) is -0.594. The highest BCUT2D eigenvalue weighted by Gasteiger charge is 2.58. The molecule has 21 heavy (non-hydrogen) atoms. The average molecular weight is 297 g/mol. The van der Waals surface area contributed by atoms with E-state index in [-0.39, 0.29) is 17.9 Å². The first-order valence-electron chi connectivity index (χ1n) is 7.86.